The fraction of sp³-hybridized carbons (Fsp3) is 0.348. The second-order valence-electron chi connectivity index (χ2n) is 9.02. The standard InChI is InChI=1S/C23H24N6O4/c1-23(2,3)21-25-18(27-33-21)14-4-6-15(7-5-14)20(31)28-10-12-29(13-11-28)22-26-19-16(32-22)8-9-17(30)24-19/h4-9H,10-13H2,1-3H3,(H,24,30). The van der Waals surface area contributed by atoms with Crippen molar-refractivity contribution < 1.29 is 18.8 Å². The van der Waals surface area contributed by atoms with Gasteiger partial charge in [-0.25, -0.2) is 0 Å². The minimum atomic E-state index is -0.223. The van der Waals surface area contributed by atoms with Crippen LogP contribution in [0.1, 0.15) is 37.0 Å². The smallest absolute Gasteiger partial charge is 0.300 e. The Morgan fingerprint density at radius 3 is 2.36 bits per heavy atom. The lowest BCUT2D eigenvalue weighted by molar-refractivity contribution is 0.0745. The number of anilines is 1. The predicted molar refractivity (Wildman–Crippen MR) is 120 cm³/mol. The molecule has 0 bridgehead atoms. The van der Waals surface area contributed by atoms with E-state index in [4.69, 9.17) is 8.94 Å². The summed E-state index contributed by atoms with van der Waals surface area (Å²) in [5.41, 5.74) is 2.05. The summed E-state index contributed by atoms with van der Waals surface area (Å²) < 4.78 is 11.1. The average molecular weight is 448 g/mol. The first kappa shape index (κ1) is 20.9. The van der Waals surface area contributed by atoms with Crippen LogP contribution in [0.5, 0.6) is 5.88 Å². The van der Waals surface area contributed by atoms with Crippen LogP contribution in [0.2, 0.25) is 0 Å². The highest BCUT2D eigenvalue weighted by Crippen LogP contribution is 2.25. The lowest BCUT2D eigenvalue weighted by atomic mass is 9.97. The van der Waals surface area contributed by atoms with Crippen LogP contribution in [0, 0.1) is 0 Å². The number of hydrogen-bond donors (Lipinski definition) is 1. The third-order valence-corrected chi connectivity index (χ3v) is 5.52. The highest BCUT2D eigenvalue weighted by atomic mass is 16.5. The second-order valence-corrected chi connectivity index (χ2v) is 9.02. The van der Waals surface area contributed by atoms with Crippen LogP contribution in [-0.4, -0.2) is 62.2 Å². The van der Waals surface area contributed by atoms with E-state index in [1.807, 2.05) is 42.7 Å². The molecule has 4 heterocycles. The lowest BCUT2D eigenvalue weighted by Crippen LogP contribution is -2.48. The SMILES string of the molecule is CC(C)(C)c1nc(-c2ccc(C(=O)N3CCN(c4nc5nc(O)ccc5o4)CC3)cc2)no1. The number of carbonyl (C=O) groups excluding carboxylic acids is 1. The van der Waals surface area contributed by atoms with Crippen molar-refractivity contribution in [2.45, 2.75) is 26.2 Å². The maximum Gasteiger partial charge on any atom is 0.300 e. The number of piperazine rings is 1. The molecule has 1 N–H and O–H groups in total. The van der Waals surface area contributed by atoms with Gasteiger partial charge >= 0.3 is 0 Å². The van der Waals surface area contributed by atoms with Gasteiger partial charge in [-0.3, -0.25) is 4.79 Å². The van der Waals surface area contributed by atoms with E-state index in [0.29, 0.717) is 60.7 Å². The van der Waals surface area contributed by atoms with Crippen LogP contribution >= 0.6 is 0 Å². The van der Waals surface area contributed by atoms with Crippen molar-refractivity contribution >= 4 is 23.2 Å². The molecule has 1 aliphatic rings. The Kier molecular flexibility index (Phi) is 4.99. The van der Waals surface area contributed by atoms with Gasteiger partial charge in [-0.2, -0.15) is 15.0 Å². The van der Waals surface area contributed by atoms with Crippen molar-refractivity contribution in [3.63, 3.8) is 0 Å². The summed E-state index contributed by atoms with van der Waals surface area (Å²) in [4.78, 5) is 29.5. The van der Waals surface area contributed by atoms with E-state index in [1.54, 1.807) is 18.2 Å². The fourth-order valence-corrected chi connectivity index (χ4v) is 3.62. The van der Waals surface area contributed by atoms with Crippen molar-refractivity contribution in [2.75, 3.05) is 31.1 Å². The molecule has 0 atom stereocenters. The number of rotatable bonds is 3. The van der Waals surface area contributed by atoms with Crippen molar-refractivity contribution in [1.82, 2.24) is 25.0 Å². The number of hydrogen-bond acceptors (Lipinski definition) is 9. The second kappa shape index (κ2) is 7.88. The summed E-state index contributed by atoms with van der Waals surface area (Å²) in [5.74, 6) is 0.947. The van der Waals surface area contributed by atoms with Crippen LogP contribution in [0.25, 0.3) is 22.6 Å². The van der Waals surface area contributed by atoms with E-state index >= 15 is 0 Å². The fourth-order valence-electron chi connectivity index (χ4n) is 3.62. The number of nitrogens with zero attached hydrogens (tertiary/aromatic N) is 6. The summed E-state index contributed by atoms with van der Waals surface area (Å²) >= 11 is 0. The first-order chi connectivity index (χ1) is 15.8. The van der Waals surface area contributed by atoms with Crippen LogP contribution in [-0.2, 0) is 5.41 Å². The Hall–Kier alpha value is -3.95. The molecule has 1 amide bonds. The normalized spacial score (nSPS) is 14.8. The largest absolute Gasteiger partial charge is 0.493 e. The number of pyridine rings is 1. The van der Waals surface area contributed by atoms with Crippen molar-refractivity contribution in [3.8, 4) is 17.3 Å². The molecule has 5 rings (SSSR count). The predicted octanol–water partition coefficient (Wildman–Crippen LogP) is 3.24. The van der Waals surface area contributed by atoms with E-state index in [1.165, 1.54) is 6.07 Å². The average Bonchev–Trinajstić information content (AvgIpc) is 3.46. The van der Waals surface area contributed by atoms with E-state index in [9.17, 15) is 9.90 Å². The van der Waals surface area contributed by atoms with Crippen molar-refractivity contribution in [2.24, 2.45) is 0 Å². The van der Waals surface area contributed by atoms with Crippen molar-refractivity contribution in [1.29, 1.82) is 0 Å². The van der Waals surface area contributed by atoms with E-state index < -0.39 is 0 Å². The Morgan fingerprint density at radius 2 is 1.70 bits per heavy atom. The van der Waals surface area contributed by atoms with Crippen LogP contribution in [0.3, 0.4) is 0 Å². The molecule has 0 radical (unpaired) electrons. The zero-order valence-corrected chi connectivity index (χ0v) is 18.6. The molecular formula is C23H24N6O4. The number of fused-ring (bicyclic) bond motifs is 1. The van der Waals surface area contributed by atoms with Gasteiger partial charge in [-0.1, -0.05) is 38.1 Å². The molecule has 1 aromatic carbocycles. The monoisotopic (exact) mass is 448 g/mol. The summed E-state index contributed by atoms with van der Waals surface area (Å²) in [6.07, 6.45) is 0. The molecule has 3 aromatic heterocycles. The topological polar surface area (TPSA) is 122 Å². The van der Waals surface area contributed by atoms with Crippen LogP contribution < -0.4 is 4.90 Å². The van der Waals surface area contributed by atoms with Gasteiger partial charge in [-0.05, 0) is 18.2 Å². The molecule has 170 valence electrons. The minimum Gasteiger partial charge on any atom is -0.493 e. The summed E-state index contributed by atoms with van der Waals surface area (Å²) in [5, 5.41) is 13.6. The molecule has 1 aliphatic heterocycles. The van der Waals surface area contributed by atoms with Gasteiger partial charge in [0.05, 0.1) is 0 Å². The molecule has 0 aliphatic carbocycles. The summed E-state index contributed by atoms with van der Waals surface area (Å²) in [6, 6.07) is 10.8. The minimum absolute atomic E-state index is 0.0335. The number of aromatic nitrogens is 4. The molecule has 0 unspecified atom stereocenters. The molecule has 1 fully saturated rings. The first-order valence-electron chi connectivity index (χ1n) is 10.7. The number of aromatic hydroxyl groups is 1. The Bertz CT molecular complexity index is 1300. The third kappa shape index (κ3) is 4.11. The molecule has 33 heavy (non-hydrogen) atoms. The van der Waals surface area contributed by atoms with Crippen LogP contribution in [0.15, 0.2) is 45.3 Å². The zero-order chi connectivity index (χ0) is 23.2. The van der Waals surface area contributed by atoms with Gasteiger partial charge in [-0.15, -0.1) is 0 Å². The van der Waals surface area contributed by atoms with E-state index in [-0.39, 0.29) is 17.2 Å². The number of amides is 1. The van der Waals surface area contributed by atoms with Gasteiger partial charge in [0.15, 0.2) is 5.58 Å². The van der Waals surface area contributed by atoms with Gasteiger partial charge in [0.2, 0.25) is 23.2 Å². The molecule has 10 heteroatoms. The number of carbonyl (C=O) groups is 1. The number of oxazole rings is 1. The molecular weight excluding hydrogens is 424 g/mol. The van der Waals surface area contributed by atoms with Gasteiger partial charge in [0, 0.05) is 48.8 Å². The van der Waals surface area contributed by atoms with Gasteiger partial charge < -0.3 is 23.8 Å². The molecule has 10 nitrogen and oxygen atoms in total. The van der Waals surface area contributed by atoms with E-state index in [0.717, 1.165) is 5.56 Å². The molecule has 0 spiro atoms. The Balaban J connectivity index is 1.23. The van der Waals surface area contributed by atoms with E-state index in [2.05, 4.69) is 20.1 Å². The summed E-state index contributed by atoms with van der Waals surface area (Å²) in [6.45, 7) is 8.28. The highest BCUT2D eigenvalue weighted by Gasteiger charge is 2.26. The Morgan fingerprint density at radius 1 is 0.970 bits per heavy atom. The zero-order valence-electron chi connectivity index (χ0n) is 18.6. The summed E-state index contributed by atoms with van der Waals surface area (Å²) in [7, 11) is 0. The number of benzene rings is 1. The van der Waals surface area contributed by atoms with Crippen LogP contribution in [0.4, 0.5) is 6.01 Å². The van der Waals surface area contributed by atoms with Gasteiger partial charge in [0.1, 0.15) is 0 Å². The first-order valence-corrected chi connectivity index (χ1v) is 10.7. The quantitative estimate of drug-likeness (QED) is 0.503. The highest BCUT2D eigenvalue weighted by molar-refractivity contribution is 5.94. The maximum absolute atomic E-state index is 13.0. The van der Waals surface area contributed by atoms with Crippen molar-refractivity contribution in [3.05, 3.63) is 47.9 Å². The molecule has 1 saturated heterocycles. The molecule has 0 saturated carbocycles. The maximum atomic E-state index is 13.0. The lowest BCUT2D eigenvalue weighted by Gasteiger charge is -2.33. The third-order valence-electron chi connectivity index (χ3n) is 5.52. The molecule has 4 aromatic rings. The Labute approximate surface area is 189 Å². The van der Waals surface area contributed by atoms with Gasteiger partial charge in [0.25, 0.3) is 11.9 Å².